The number of hydrogen-bond donors (Lipinski definition) is 0. The number of fused-ring (bicyclic) bond motifs is 1. The molecule has 3 heteroatoms. The third-order valence-electron chi connectivity index (χ3n) is 4.98. The minimum atomic E-state index is -0.0288. The van der Waals surface area contributed by atoms with Gasteiger partial charge in [-0.3, -0.25) is 4.90 Å². The molecule has 0 saturated heterocycles. The van der Waals surface area contributed by atoms with E-state index >= 15 is 0 Å². The highest BCUT2D eigenvalue weighted by molar-refractivity contribution is 5.34. The molecule has 1 aromatic carbocycles. The Hall–Kier alpha value is -1.61. The van der Waals surface area contributed by atoms with E-state index in [1.165, 1.54) is 5.56 Å². The van der Waals surface area contributed by atoms with Gasteiger partial charge in [0.25, 0.3) is 0 Å². The highest BCUT2D eigenvalue weighted by atomic mass is 19.1. The van der Waals surface area contributed by atoms with Crippen LogP contribution in [0.15, 0.2) is 41.0 Å². The minimum Gasteiger partial charge on any atom is -0.469 e. The maximum absolute atomic E-state index is 14.0. The van der Waals surface area contributed by atoms with E-state index in [0.29, 0.717) is 12.0 Å². The Morgan fingerprint density at radius 1 is 1.26 bits per heavy atom. The molecule has 1 unspecified atom stereocenters. The molecule has 0 radical (unpaired) electrons. The van der Waals surface area contributed by atoms with E-state index in [9.17, 15) is 4.39 Å². The lowest BCUT2D eigenvalue weighted by molar-refractivity contribution is 0.200. The third-order valence-corrected chi connectivity index (χ3v) is 4.98. The Morgan fingerprint density at radius 3 is 2.87 bits per heavy atom. The van der Waals surface area contributed by atoms with Crippen molar-refractivity contribution in [3.05, 3.63) is 59.3 Å². The zero-order valence-corrected chi connectivity index (χ0v) is 14.1. The van der Waals surface area contributed by atoms with Crippen molar-refractivity contribution in [1.82, 2.24) is 4.90 Å². The van der Waals surface area contributed by atoms with Crippen LogP contribution in [0, 0.1) is 5.82 Å². The lowest BCUT2D eigenvalue weighted by Crippen LogP contribution is -2.37. The number of halogens is 1. The first-order valence-corrected chi connectivity index (χ1v) is 8.69. The average Bonchev–Trinajstić information content (AvgIpc) is 3.05. The Bertz CT molecular complexity index is 621. The van der Waals surface area contributed by atoms with Gasteiger partial charge < -0.3 is 4.42 Å². The summed E-state index contributed by atoms with van der Waals surface area (Å²) in [6, 6.07) is 10.0. The van der Waals surface area contributed by atoms with Crippen LogP contribution in [0.25, 0.3) is 0 Å². The van der Waals surface area contributed by atoms with E-state index in [1.807, 2.05) is 18.2 Å². The van der Waals surface area contributed by atoms with Crippen LogP contribution in [-0.4, -0.2) is 24.0 Å². The van der Waals surface area contributed by atoms with Gasteiger partial charge in [-0.15, -0.1) is 0 Å². The van der Waals surface area contributed by atoms with Gasteiger partial charge in [0, 0.05) is 25.6 Å². The van der Waals surface area contributed by atoms with Crippen molar-refractivity contribution in [2.45, 2.75) is 51.5 Å². The molecule has 1 aliphatic carbocycles. The normalized spacial score (nSPS) is 17.7. The summed E-state index contributed by atoms with van der Waals surface area (Å²) in [6.07, 6.45) is 5.78. The summed E-state index contributed by atoms with van der Waals surface area (Å²) in [5.41, 5.74) is 2.17. The maximum atomic E-state index is 14.0. The van der Waals surface area contributed by atoms with Crippen LogP contribution in [0.4, 0.5) is 4.39 Å². The first-order chi connectivity index (χ1) is 11.1. The van der Waals surface area contributed by atoms with Gasteiger partial charge in [-0.05, 0) is 68.4 Å². The minimum absolute atomic E-state index is 0.0288. The predicted molar refractivity (Wildman–Crippen MR) is 91.2 cm³/mol. The van der Waals surface area contributed by atoms with Crippen molar-refractivity contribution < 1.29 is 8.81 Å². The Morgan fingerprint density at radius 2 is 2.13 bits per heavy atom. The second-order valence-electron chi connectivity index (χ2n) is 6.81. The molecule has 0 amide bonds. The molecule has 124 valence electrons. The van der Waals surface area contributed by atoms with Crippen LogP contribution in [0.3, 0.4) is 0 Å². The Kier molecular flexibility index (Phi) is 5.16. The van der Waals surface area contributed by atoms with Crippen molar-refractivity contribution in [3.8, 4) is 0 Å². The van der Waals surface area contributed by atoms with E-state index in [0.717, 1.165) is 50.1 Å². The Balaban J connectivity index is 1.70. The zero-order chi connectivity index (χ0) is 16.2. The van der Waals surface area contributed by atoms with Gasteiger partial charge in [-0.2, -0.15) is 0 Å². The summed E-state index contributed by atoms with van der Waals surface area (Å²) in [4.78, 5) is 2.49. The third kappa shape index (κ3) is 3.84. The van der Waals surface area contributed by atoms with Crippen LogP contribution in [-0.2, 0) is 12.8 Å². The molecule has 2 aromatic rings. The van der Waals surface area contributed by atoms with Crippen LogP contribution >= 0.6 is 0 Å². The monoisotopic (exact) mass is 315 g/mol. The molecule has 3 rings (SSSR count). The number of rotatable bonds is 6. The lowest BCUT2D eigenvalue weighted by Gasteiger charge is -2.33. The fraction of sp³-hybridized carbons (Fsp3) is 0.500. The van der Waals surface area contributed by atoms with E-state index < -0.39 is 0 Å². The Labute approximate surface area is 138 Å². The summed E-state index contributed by atoms with van der Waals surface area (Å²) in [5.74, 6) is 1.44. The smallest absolute Gasteiger partial charge is 0.126 e. The largest absolute Gasteiger partial charge is 0.469 e. The molecule has 0 bridgehead atoms. The molecule has 0 spiro atoms. The van der Waals surface area contributed by atoms with Gasteiger partial charge in [0.2, 0.25) is 0 Å². The standard InChI is InChI=1S/C20H26FNO/c1-15(2)22(12-11-17-7-5-13-23-17)14-16-6-3-9-19-18(16)8-4-10-20(19)21/h4-5,7-8,10,13,15-16H,3,6,9,11-12,14H2,1-2H3. The summed E-state index contributed by atoms with van der Waals surface area (Å²) < 4.78 is 19.5. The second-order valence-corrected chi connectivity index (χ2v) is 6.81. The summed E-state index contributed by atoms with van der Waals surface area (Å²) >= 11 is 0. The number of furan rings is 1. The molecule has 0 aliphatic heterocycles. The molecule has 1 heterocycles. The van der Waals surface area contributed by atoms with Crippen LogP contribution in [0.2, 0.25) is 0 Å². The molecule has 2 nitrogen and oxygen atoms in total. The molecule has 0 fully saturated rings. The molecule has 1 aromatic heterocycles. The van der Waals surface area contributed by atoms with Crippen molar-refractivity contribution in [2.24, 2.45) is 0 Å². The summed E-state index contributed by atoms with van der Waals surface area (Å²) in [6.45, 7) is 6.44. The van der Waals surface area contributed by atoms with Crippen molar-refractivity contribution >= 4 is 0 Å². The van der Waals surface area contributed by atoms with Crippen molar-refractivity contribution in [3.63, 3.8) is 0 Å². The number of nitrogens with zero attached hydrogens (tertiary/aromatic N) is 1. The molecule has 0 saturated carbocycles. The van der Waals surface area contributed by atoms with E-state index in [2.05, 4.69) is 24.8 Å². The van der Waals surface area contributed by atoms with Gasteiger partial charge in [0.1, 0.15) is 11.6 Å². The van der Waals surface area contributed by atoms with E-state index in [1.54, 1.807) is 12.3 Å². The molecule has 23 heavy (non-hydrogen) atoms. The maximum Gasteiger partial charge on any atom is 0.126 e. The summed E-state index contributed by atoms with van der Waals surface area (Å²) in [7, 11) is 0. The SMILES string of the molecule is CC(C)N(CCc1ccco1)CC1CCCc2c(F)cccc21. The highest BCUT2D eigenvalue weighted by Gasteiger charge is 2.25. The van der Waals surface area contributed by atoms with Crippen molar-refractivity contribution in [2.75, 3.05) is 13.1 Å². The van der Waals surface area contributed by atoms with Crippen molar-refractivity contribution in [1.29, 1.82) is 0 Å². The summed E-state index contributed by atoms with van der Waals surface area (Å²) in [5, 5.41) is 0. The molecular formula is C20H26FNO. The second kappa shape index (κ2) is 7.31. The lowest BCUT2D eigenvalue weighted by atomic mass is 9.82. The zero-order valence-electron chi connectivity index (χ0n) is 14.1. The predicted octanol–water partition coefficient (Wildman–Crippen LogP) is 4.79. The number of benzene rings is 1. The van der Waals surface area contributed by atoms with Crippen LogP contribution in [0.1, 0.15) is 49.5 Å². The topological polar surface area (TPSA) is 16.4 Å². The highest BCUT2D eigenvalue weighted by Crippen LogP contribution is 2.33. The fourth-order valence-corrected chi connectivity index (χ4v) is 3.64. The average molecular weight is 315 g/mol. The van der Waals surface area contributed by atoms with Gasteiger partial charge in [-0.1, -0.05) is 12.1 Å². The molecule has 1 aliphatic rings. The van der Waals surface area contributed by atoms with Gasteiger partial charge in [0.05, 0.1) is 6.26 Å². The van der Waals surface area contributed by atoms with E-state index in [4.69, 9.17) is 4.42 Å². The van der Waals surface area contributed by atoms with Crippen LogP contribution in [0.5, 0.6) is 0 Å². The fourth-order valence-electron chi connectivity index (χ4n) is 3.64. The van der Waals surface area contributed by atoms with Gasteiger partial charge >= 0.3 is 0 Å². The molecular weight excluding hydrogens is 289 g/mol. The quantitative estimate of drug-likeness (QED) is 0.762. The first-order valence-electron chi connectivity index (χ1n) is 8.69. The molecule has 0 N–H and O–H groups in total. The molecule has 1 atom stereocenters. The first kappa shape index (κ1) is 16.3. The van der Waals surface area contributed by atoms with Gasteiger partial charge in [0.15, 0.2) is 0 Å². The number of hydrogen-bond acceptors (Lipinski definition) is 2. The van der Waals surface area contributed by atoms with Gasteiger partial charge in [-0.25, -0.2) is 4.39 Å². The van der Waals surface area contributed by atoms with Crippen LogP contribution < -0.4 is 0 Å². The van der Waals surface area contributed by atoms with E-state index in [-0.39, 0.29) is 5.82 Å².